The molecule has 2 N–H and O–H groups in total. The third kappa shape index (κ3) is 6.18. The predicted octanol–water partition coefficient (Wildman–Crippen LogP) is 1.73. The molecule has 0 unspecified atom stereocenters. The number of carbonyl (C=O) groups excluding carboxylic acids is 1. The van der Waals surface area contributed by atoms with Crippen LogP contribution in [0, 0.1) is 0 Å². The zero-order valence-corrected chi connectivity index (χ0v) is 11.7. The molecule has 1 amide bonds. The topological polar surface area (TPSA) is 50.4 Å². The van der Waals surface area contributed by atoms with Gasteiger partial charge in [-0.2, -0.15) is 0 Å². The van der Waals surface area contributed by atoms with Gasteiger partial charge in [-0.3, -0.25) is 4.79 Å². The quantitative estimate of drug-likeness (QED) is 0.554. The van der Waals surface area contributed by atoms with Crippen molar-refractivity contribution in [1.82, 2.24) is 10.6 Å². The first-order valence-electron chi connectivity index (χ1n) is 6.37. The van der Waals surface area contributed by atoms with E-state index in [-0.39, 0.29) is 5.91 Å². The lowest BCUT2D eigenvalue weighted by atomic mass is 10.1. The summed E-state index contributed by atoms with van der Waals surface area (Å²) in [6.45, 7) is 8.57. The van der Waals surface area contributed by atoms with Gasteiger partial charge in [-0.15, -0.1) is 0 Å². The molecular weight excluding hydrogens is 240 g/mol. The second-order valence-electron chi connectivity index (χ2n) is 4.46. The number of carbonyl (C=O) groups is 1. The summed E-state index contributed by atoms with van der Waals surface area (Å²) in [5.41, 5.74) is 2.85. The van der Waals surface area contributed by atoms with Crippen molar-refractivity contribution in [3.8, 4) is 0 Å². The highest BCUT2D eigenvalue weighted by molar-refractivity contribution is 5.93. The molecular formula is C15H22N2O2. The van der Waals surface area contributed by atoms with Crippen LogP contribution in [0.3, 0.4) is 0 Å². The summed E-state index contributed by atoms with van der Waals surface area (Å²) < 4.78 is 5.38. The van der Waals surface area contributed by atoms with Crippen LogP contribution in [0.2, 0.25) is 0 Å². The molecule has 0 heterocycles. The van der Waals surface area contributed by atoms with Gasteiger partial charge in [0.1, 0.15) is 0 Å². The van der Waals surface area contributed by atoms with E-state index >= 15 is 0 Å². The van der Waals surface area contributed by atoms with Crippen molar-refractivity contribution < 1.29 is 9.53 Å². The monoisotopic (exact) mass is 262 g/mol. The Morgan fingerprint density at radius 2 is 2.00 bits per heavy atom. The Bertz CT molecular complexity index is 413. The summed E-state index contributed by atoms with van der Waals surface area (Å²) in [5, 5.41) is 5.88. The largest absolute Gasteiger partial charge is 0.376 e. The van der Waals surface area contributed by atoms with Crippen LogP contribution in [0.25, 0.3) is 0 Å². The van der Waals surface area contributed by atoms with Gasteiger partial charge in [-0.05, 0) is 24.6 Å². The van der Waals surface area contributed by atoms with Crippen LogP contribution in [-0.4, -0.2) is 32.7 Å². The van der Waals surface area contributed by atoms with E-state index < -0.39 is 0 Å². The molecule has 0 aromatic heterocycles. The van der Waals surface area contributed by atoms with Crippen LogP contribution >= 0.6 is 0 Å². The number of rotatable bonds is 8. The Hall–Kier alpha value is -1.65. The zero-order valence-electron chi connectivity index (χ0n) is 11.7. The van der Waals surface area contributed by atoms with Gasteiger partial charge in [0.15, 0.2) is 0 Å². The maximum atomic E-state index is 11.4. The molecule has 0 fully saturated rings. The van der Waals surface area contributed by atoms with Crippen molar-refractivity contribution in [3.05, 3.63) is 47.5 Å². The van der Waals surface area contributed by atoms with E-state index in [0.29, 0.717) is 18.8 Å². The molecule has 0 bridgehead atoms. The Morgan fingerprint density at radius 3 is 2.58 bits per heavy atom. The number of hydrogen-bond donors (Lipinski definition) is 2. The molecule has 1 rings (SSSR count). The molecule has 0 saturated heterocycles. The number of amides is 1. The van der Waals surface area contributed by atoms with E-state index in [1.165, 1.54) is 0 Å². The van der Waals surface area contributed by atoms with Crippen molar-refractivity contribution in [3.63, 3.8) is 0 Å². The molecule has 1 aromatic rings. The maximum Gasteiger partial charge on any atom is 0.251 e. The Balaban J connectivity index is 2.23. The molecule has 4 heteroatoms. The summed E-state index contributed by atoms with van der Waals surface area (Å²) >= 11 is 0. The molecule has 1 aromatic carbocycles. The molecule has 0 radical (unpaired) electrons. The van der Waals surface area contributed by atoms with Crippen LogP contribution < -0.4 is 10.6 Å². The number of nitrogens with one attached hydrogen (secondary N) is 2. The maximum absolute atomic E-state index is 11.4. The molecule has 4 nitrogen and oxygen atoms in total. The van der Waals surface area contributed by atoms with Gasteiger partial charge in [0, 0.05) is 25.7 Å². The van der Waals surface area contributed by atoms with E-state index in [1.807, 2.05) is 31.2 Å². The van der Waals surface area contributed by atoms with Crippen molar-refractivity contribution in [2.75, 3.05) is 26.8 Å². The fourth-order valence-electron chi connectivity index (χ4n) is 1.54. The molecule has 0 aliphatic heterocycles. The lowest BCUT2D eigenvalue weighted by Crippen LogP contribution is -2.20. The van der Waals surface area contributed by atoms with Crippen LogP contribution in [0.5, 0.6) is 0 Å². The highest BCUT2D eigenvalue weighted by Gasteiger charge is 2.01. The standard InChI is InChI=1S/C15H22N2O2/c1-12(2)11-19-9-8-17-10-13-4-6-14(7-5-13)15(18)16-3/h4-7,17H,1,8-11H2,2-3H3,(H,16,18). The third-order valence-electron chi connectivity index (χ3n) is 2.54. The fraction of sp³-hybridized carbons (Fsp3) is 0.400. The smallest absolute Gasteiger partial charge is 0.251 e. The minimum Gasteiger partial charge on any atom is -0.376 e. The summed E-state index contributed by atoms with van der Waals surface area (Å²) in [4.78, 5) is 11.4. The molecule has 0 saturated carbocycles. The summed E-state index contributed by atoms with van der Waals surface area (Å²) in [5.74, 6) is -0.0623. The summed E-state index contributed by atoms with van der Waals surface area (Å²) in [6, 6.07) is 7.56. The Labute approximate surface area is 114 Å². The molecule has 104 valence electrons. The number of hydrogen-bond acceptors (Lipinski definition) is 3. The molecule has 19 heavy (non-hydrogen) atoms. The van der Waals surface area contributed by atoms with Gasteiger partial charge >= 0.3 is 0 Å². The van der Waals surface area contributed by atoms with Gasteiger partial charge in [-0.1, -0.05) is 24.3 Å². The molecule has 0 spiro atoms. The van der Waals surface area contributed by atoms with Crippen LogP contribution in [0.4, 0.5) is 0 Å². The molecule has 0 aliphatic rings. The minimum absolute atomic E-state index is 0.0623. The van der Waals surface area contributed by atoms with Crippen molar-refractivity contribution in [1.29, 1.82) is 0 Å². The van der Waals surface area contributed by atoms with E-state index in [4.69, 9.17) is 4.74 Å². The van der Waals surface area contributed by atoms with Crippen molar-refractivity contribution in [2.45, 2.75) is 13.5 Å². The number of benzene rings is 1. The zero-order chi connectivity index (χ0) is 14.1. The lowest BCUT2D eigenvalue weighted by molar-refractivity contribution is 0.0963. The molecule has 0 atom stereocenters. The van der Waals surface area contributed by atoms with Crippen molar-refractivity contribution in [2.24, 2.45) is 0 Å². The third-order valence-corrected chi connectivity index (χ3v) is 2.54. The average Bonchev–Trinajstić information content (AvgIpc) is 2.42. The first-order valence-corrected chi connectivity index (χ1v) is 6.37. The highest BCUT2D eigenvalue weighted by atomic mass is 16.5. The van der Waals surface area contributed by atoms with E-state index in [2.05, 4.69) is 17.2 Å². The molecule has 0 aliphatic carbocycles. The fourth-order valence-corrected chi connectivity index (χ4v) is 1.54. The van der Waals surface area contributed by atoms with Gasteiger partial charge in [0.2, 0.25) is 0 Å². The van der Waals surface area contributed by atoms with Gasteiger partial charge in [-0.25, -0.2) is 0 Å². The Morgan fingerprint density at radius 1 is 1.32 bits per heavy atom. The highest BCUT2D eigenvalue weighted by Crippen LogP contribution is 2.04. The van der Waals surface area contributed by atoms with Gasteiger partial charge in [0.25, 0.3) is 5.91 Å². The van der Waals surface area contributed by atoms with E-state index in [0.717, 1.165) is 24.2 Å². The summed E-state index contributed by atoms with van der Waals surface area (Å²) in [6.07, 6.45) is 0. The van der Waals surface area contributed by atoms with Crippen molar-refractivity contribution >= 4 is 5.91 Å². The van der Waals surface area contributed by atoms with Gasteiger partial charge in [0.05, 0.1) is 13.2 Å². The number of ether oxygens (including phenoxy) is 1. The van der Waals surface area contributed by atoms with Crippen LogP contribution in [0.1, 0.15) is 22.8 Å². The second kappa shape index (κ2) is 8.45. The first-order chi connectivity index (χ1) is 9.13. The minimum atomic E-state index is -0.0623. The average molecular weight is 262 g/mol. The van der Waals surface area contributed by atoms with Gasteiger partial charge < -0.3 is 15.4 Å². The second-order valence-corrected chi connectivity index (χ2v) is 4.46. The van der Waals surface area contributed by atoms with E-state index in [9.17, 15) is 4.79 Å². The predicted molar refractivity (Wildman–Crippen MR) is 77.2 cm³/mol. The van der Waals surface area contributed by atoms with Crippen LogP contribution in [0.15, 0.2) is 36.4 Å². The van der Waals surface area contributed by atoms with Crippen LogP contribution in [-0.2, 0) is 11.3 Å². The normalized spacial score (nSPS) is 10.2. The Kier molecular flexibility index (Phi) is 6.85. The lowest BCUT2D eigenvalue weighted by Gasteiger charge is -2.07. The van der Waals surface area contributed by atoms with E-state index in [1.54, 1.807) is 7.05 Å². The summed E-state index contributed by atoms with van der Waals surface area (Å²) in [7, 11) is 1.63. The first kappa shape index (κ1) is 15.4. The SMILES string of the molecule is C=C(C)COCCNCc1ccc(C(=O)NC)cc1.